The number of benzene rings is 2. The van der Waals surface area contributed by atoms with Crippen LogP contribution in [0.3, 0.4) is 0 Å². The Morgan fingerprint density at radius 3 is 2.11 bits per heavy atom. The van der Waals surface area contributed by atoms with E-state index in [0.717, 1.165) is 11.2 Å². The molecule has 0 aliphatic carbocycles. The quantitative estimate of drug-likeness (QED) is 0.661. The van der Waals surface area contributed by atoms with Crippen molar-refractivity contribution in [2.24, 2.45) is 0 Å². The maximum atomic E-state index is 12.9. The third-order valence-corrected chi connectivity index (χ3v) is 6.00. The average Bonchev–Trinajstić information content (AvgIpc) is 2.88. The number of sulfone groups is 1. The van der Waals surface area contributed by atoms with Gasteiger partial charge in [0.25, 0.3) is 11.8 Å². The van der Waals surface area contributed by atoms with E-state index in [9.17, 15) is 22.8 Å². The minimum absolute atomic E-state index is 0.194. The molecule has 0 saturated heterocycles. The SMILES string of the molecule is CS(=O)(=O)CCC(C(=O)Nc1ccccc1Br)N1C(=O)c2ccccc2C1=O. The molecule has 1 aliphatic rings. The summed E-state index contributed by atoms with van der Waals surface area (Å²) < 4.78 is 23.9. The molecule has 7 nitrogen and oxygen atoms in total. The average molecular weight is 465 g/mol. The van der Waals surface area contributed by atoms with Crippen LogP contribution in [-0.4, -0.2) is 49.1 Å². The molecule has 0 spiro atoms. The van der Waals surface area contributed by atoms with Gasteiger partial charge in [-0.25, -0.2) is 8.42 Å². The van der Waals surface area contributed by atoms with Crippen molar-refractivity contribution in [3.05, 3.63) is 64.1 Å². The Balaban J connectivity index is 1.93. The Labute approximate surface area is 170 Å². The number of carbonyl (C=O) groups is 3. The second kappa shape index (κ2) is 7.84. The molecule has 1 unspecified atom stereocenters. The minimum atomic E-state index is -3.40. The van der Waals surface area contributed by atoms with Gasteiger partial charge in [-0.2, -0.15) is 0 Å². The van der Waals surface area contributed by atoms with Crippen molar-refractivity contribution in [3.63, 3.8) is 0 Å². The molecule has 0 saturated carbocycles. The lowest BCUT2D eigenvalue weighted by molar-refractivity contribution is -0.120. The predicted octanol–water partition coefficient (Wildman–Crippen LogP) is 2.49. The highest BCUT2D eigenvalue weighted by molar-refractivity contribution is 9.10. The van der Waals surface area contributed by atoms with Crippen LogP contribution in [-0.2, 0) is 14.6 Å². The fraction of sp³-hybridized carbons (Fsp3) is 0.211. The number of nitrogens with one attached hydrogen (secondary N) is 1. The summed E-state index contributed by atoms with van der Waals surface area (Å²) in [5, 5.41) is 2.66. The van der Waals surface area contributed by atoms with Gasteiger partial charge < -0.3 is 5.32 Å². The van der Waals surface area contributed by atoms with Crippen molar-refractivity contribution in [2.75, 3.05) is 17.3 Å². The molecular weight excluding hydrogens is 448 g/mol. The normalized spacial score (nSPS) is 14.7. The summed E-state index contributed by atoms with van der Waals surface area (Å²) >= 11 is 3.32. The first-order chi connectivity index (χ1) is 13.2. The monoisotopic (exact) mass is 464 g/mol. The van der Waals surface area contributed by atoms with E-state index >= 15 is 0 Å². The summed E-state index contributed by atoms with van der Waals surface area (Å²) in [6.07, 6.45) is 0.846. The summed E-state index contributed by atoms with van der Waals surface area (Å²) in [6, 6.07) is 11.9. The van der Waals surface area contributed by atoms with Gasteiger partial charge in [-0.05, 0) is 46.6 Å². The standard InChI is InChI=1S/C19H17BrN2O5S/c1-28(26,27)11-10-16(17(23)21-15-9-5-4-8-14(15)20)22-18(24)12-6-2-3-7-13(12)19(22)25/h2-9,16H,10-11H2,1H3,(H,21,23). The number of fused-ring (bicyclic) bond motifs is 1. The van der Waals surface area contributed by atoms with Crippen molar-refractivity contribution in [2.45, 2.75) is 12.5 Å². The Morgan fingerprint density at radius 2 is 1.57 bits per heavy atom. The molecule has 1 atom stereocenters. The molecule has 1 N–H and O–H groups in total. The fourth-order valence-corrected chi connectivity index (χ4v) is 4.01. The highest BCUT2D eigenvalue weighted by Crippen LogP contribution is 2.27. The van der Waals surface area contributed by atoms with Crippen molar-refractivity contribution >= 4 is 49.2 Å². The molecule has 2 aromatic rings. The summed E-state index contributed by atoms with van der Waals surface area (Å²) in [4.78, 5) is 39.3. The van der Waals surface area contributed by atoms with Crippen LogP contribution in [0.1, 0.15) is 27.1 Å². The van der Waals surface area contributed by atoms with Gasteiger partial charge in [0.1, 0.15) is 15.9 Å². The number of hydrogen-bond acceptors (Lipinski definition) is 5. The molecule has 146 valence electrons. The van der Waals surface area contributed by atoms with Gasteiger partial charge in [-0.1, -0.05) is 24.3 Å². The van der Waals surface area contributed by atoms with Crippen LogP contribution in [0.25, 0.3) is 0 Å². The van der Waals surface area contributed by atoms with Gasteiger partial charge in [0.15, 0.2) is 0 Å². The van der Waals surface area contributed by atoms with E-state index in [4.69, 9.17) is 0 Å². The Kier molecular flexibility index (Phi) is 5.66. The van der Waals surface area contributed by atoms with E-state index in [2.05, 4.69) is 21.2 Å². The number of carbonyl (C=O) groups excluding carboxylic acids is 3. The number of halogens is 1. The highest BCUT2D eigenvalue weighted by Gasteiger charge is 2.42. The Bertz CT molecular complexity index is 1030. The first kappa shape index (κ1) is 20.2. The van der Waals surface area contributed by atoms with Crippen LogP contribution in [0.15, 0.2) is 53.0 Å². The van der Waals surface area contributed by atoms with Crippen molar-refractivity contribution in [1.29, 1.82) is 0 Å². The smallest absolute Gasteiger partial charge is 0.262 e. The molecule has 0 fully saturated rings. The lowest BCUT2D eigenvalue weighted by Crippen LogP contribution is -2.48. The van der Waals surface area contributed by atoms with Crippen molar-refractivity contribution in [3.8, 4) is 0 Å². The molecule has 0 radical (unpaired) electrons. The van der Waals surface area contributed by atoms with Crippen LogP contribution < -0.4 is 5.32 Å². The number of amides is 3. The van der Waals surface area contributed by atoms with E-state index in [-0.39, 0.29) is 23.3 Å². The zero-order valence-electron chi connectivity index (χ0n) is 14.9. The van der Waals surface area contributed by atoms with Gasteiger partial charge in [0, 0.05) is 10.7 Å². The molecule has 1 heterocycles. The summed E-state index contributed by atoms with van der Waals surface area (Å²) in [6.45, 7) is 0. The Morgan fingerprint density at radius 1 is 1.04 bits per heavy atom. The lowest BCUT2D eigenvalue weighted by atomic mass is 10.1. The van der Waals surface area contributed by atoms with E-state index in [1.54, 1.807) is 36.4 Å². The largest absolute Gasteiger partial charge is 0.323 e. The summed E-state index contributed by atoms with van der Waals surface area (Å²) in [5.41, 5.74) is 0.851. The maximum Gasteiger partial charge on any atom is 0.262 e. The van der Waals surface area contributed by atoms with Crippen molar-refractivity contribution < 1.29 is 22.8 Å². The molecular formula is C19H17BrN2O5S. The van der Waals surface area contributed by atoms with Crippen molar-refractivity contribution in [1.82, 2.24) is 4.90 Å². The zero-order valence-corrected chi connectivity index (χ0v) is 17.3. The summed E-state index contributed by atoms with van der Waals surface area (Å²) in [5.74, 6) is -2.19. The number of hydrogen-bond donors (Lipinski definition) is 1. The van der Waals surface area contributed by atoms with E-state index in [0.29, 0.717) is 10.2 Å². The lowest BCUT2D eigenvalue weighted by Gasteiger charge is -2.25. The first-order valence-electron chi connectivity index (χ1n) is 8.39. The van der Waals surface area contributed by atoms with Gasteiger partial charge in [0.05, 0.1) is 22.6 Å². The second-order valence-corrected chi connectivity index (χ2v) is 9.54. The van der Waals surface area contributed by atoms with Gasteiger partial charge >= 0.3 is 0 Å². The van der Waals surface area contributed by atoms with Crippen LogP contribution in [0, 0.1) is 0 Å². The molecule has 28 heavy (non-hydrogen) atoms. The molecule has 2 aromatic carbocycles. The van der Waals surface area contributed by atoms with Crippen LogP contribution in [0.2, 0.25) is 0 Å². The maximum absolute atomic E-state index is 12.9. The van der Waals surface area contributed by atoms with Gasteiger partial charge in [-0.3, -0.25) is 19.3 Å². The highest BCUT2D eigenvalue weighted by atomic mass is 79.9. The topological polar surface area (TPSA) is 101 Å². The predicted molar refractivity (Wildman–Crippen MR) is 108 cm³/mol. The molecule has 0 aromatic heterocycles. The minimum Gasteiger partial charge on any atom is -0.323 e. The third kappa shape index (κ3) is 4.15. The number of nitrogens with zero attached hydrogens (tertiary/aromatic N) is 1. The molecule has 0 bridgehead atoms. The molecule has 3 amide bonds. The van der Waals surface area contributed by atoms with Crippen LogP contribution >= 0.6 is 15.9 Å². The molecule has 1 aliphatic heterocycles. The number of imide groups is 1. The van der Waals surface area contributed by atoms with Crippen LogP contribution in [0.4, 0.5) is 5.69 Å². The van der Waals surface area contributed by atoms with Gasteiger partial charge in [0.2, 0.25) is 5.91 Å². The third-order valence-electron chi connectivity index (χ3n) is 4.33. The van der Waals surface area contributed by atoms with Crippen LogP contribution in [0.5, 0.6) is 0 Å². The van der Waals surface area contributed by atoms with E-state index in [1.165, 1.54) is 12.1 Å². The number of anilines is 1. The van der Waals surface area contributed by atoms with E-state index in [1.807, 2.05) is 0 Å². The first-order valence-corrected chi connectivity index (χ1v) is 11.2. The fourth-order valence-electron chi connectivity index (χ4n) is 2.97. The van der Waals surface area contributed by atoms with Gasteiger partial charge in [-0.15, -0.1) is 0 Å². The Hall–Kier alpha value is -2.52. The molecule has 9 heteroatoms. The number of para-hydroxylation sites is 1. The molecule has 3 rings (SSSR count). The second-order valence-electron chi connectivity index (χ2n) is 6.43. The number of rotatable bonds is 6. The van der Waals surface area contributed by atoms with E-state index < -0.39 is 33.6 Å². The zero-order chi connectivity index (χ0) is 20.5. The summed E-state index contributed by atoms with van der Waals surface area (Å²) in [7, 11) is -3.40.